The van der Waals surface area contributed by atoms with Crippen LogP contribution in [0.5, 0.6) is 0 Å². The Morgan fingerprint density at radius 1 is 1.38 bits per heavy atom. The molecule has 2 amide bonds. The van der Waals surface area contributed by atoms with Crippen LogP contribution in [0.4, 0.5) is 4.79 Å². The van der Waals surface area contributed by atoms with Crippen LogP contribution < -0.4 is 0 Å². The van der Waals surface area contributed by atoms with Gasteiger partial charge in [-0.25, -0.2) is 4.79 Å². The maximum absolute atomic E-state index is 12.1. The number of carboxylic acids is 1. The molecule has 1 N–H and O–H groups in total. The van der Waals surface area contributed by atoms with Gasteiger partial charge < -0.3 is 14.7 Å². The number of aliphatic carboxylic acids is 1. The second-order valence-corrected chi connectivity index (χ2v) is 4.97. The van der Waals surface area contributed by atoms with E-state index < -0.39 is 29.3 Å². The zero-order valence-corrected chi connectivity index (χ0v) is 12.0. The molecular weight excluding hydrogens is 276 g/mol. The number of hydrogen-bond acceptors (Lipinski definition) is 4. The van der Waals surface area contributed by atoms with Gasteiger partial charge in [-0.05, 0) is 13.8 Å². The zero-order valence-electron chi connectivity index (χ0n) is 12.0. The van der Waals surface area contributed by atoms with Crippen LogP contribution in [0, 0.1) is 11.3 Å². The molecule has 7 heteroatoms. The molecule has 21 heavy (non-hydrogen) atoms. The third kappa shape index (κ3) is 2.51. The Morgan fingerprint density at radius 2 is 2.00 bits per heavy atom. The molecule has 114 valence electrons. The minimum atomic E-state index is -1.16. The normalized spacial score (nSPS) is 23.0. The number of hydrogen-bond donors (Lipinski definition) is 1. The predicted octanol–water partition coefficient (Wildman–Crippen LogP) is 1.04. The lowest BCUT2D eigenvalue weighted by Gasteiger charge is -2.29. The highest BCUT2D eigenvalue weighted by Gasteiger charge is 2.53. The molecule has 0 aromatic heterocycles. The van der Waals surface area contributed by atoms with E-state index in [-0.39, 0.29) is 6.61 Å². The summed E-state index contributed by atoms with van der Waals surface area (Å²) in [7, 11) is 0. The van der Waals surface area contributed by atoms with Gasteiger partial charge in [0, 0.05) is 30.9 Å². The fourth-order valence-electron chi connectivity index (χ4n) is 2.68. The maximum atomic E-state index is 12.1. The first-order valence-electron chi connectivity index (χ1n) is 6.80. The van der Waals surface area contributed by atoms with E-state index in [1.54, 1.807) is 26.0 Å². The Hall–Kier alpha value is -2.31. The van der Waals surface area contributed by atoms with Crippen molar-refractivity contribution in [3.05, 3.63) is 24.6 Å². The molecule has 1 spiro atoms. The lowest BCUT2D eigenvalue weighted by atomic mass is 9.77. The number of rotatable bonds is 3. The minimum Gasteiger partial charge on any atom is -0.481 e. The highest BCUT2D eigenvalue weighted by atomic mass is 16.6. The number of ether oxygens (including phenoxy) is 1. The molecule has 2 aliphatic heterocycles. The van der Waals surface area contributed by atoms with Crippen LogP contribution >= 0.6 is 0 Å². The van der Waals surface area contributed by atoms with Crippen LogP contribution in [0.15, 0.2) is 24.6 Å². The van der Waals surface area contributed by atoms with E-state index in [4.69, 9.17) is 4.74 Å². The maximum Gasteiger partial charge on any atom is 0.417 e. The van der Waals surface area contributed by atoms with Crippen molar-refractivity contribution in [1.29, 1.82) is 0 Å². The molecule has 1 atom stereocenters. The van der Waals surface area contributed by atoms with Crippen molar-refractivity contribution >= 4 is 18.0 Å². The van der Waals surface area contributed by atoms with Crippen molar-refractivity contribution in [1.82, 2.24) is 9.80 Å². The smallest absolute Gasteiger partial charge is 0.417 e. The molecule has 0 aliphatic carbocycles. The summed E-state index contributed by atoms with van der Waals surface area (Å²) in [6.45, 7) is 4.50. The van der Waals surface area contributed by atoms with Crippen LogP contribution in [0.3, 0.4) is 0 Å². The van der Waals surface area contributed by atoms with Gasteiger partial charge in [-0.1, -0.05) is 12.2 Å². The van der Waals surface area contributed by atoms with Crippen LogP contribution in [-0.2, 0) is 14.3 Å². The fourth-order valence-corrected chi connectivity index (χ4v) is 2.68. The van der Waals surface area contributed by atoms with Gasteiger partial charge in [0.05, 0.1) is 6.61 Å². The zero-order chi connectivity index (χ0) is 15.6. The summed E-state index contributed by atoms with van der Waals surface area (Å²) in [6.07, 6.45) is 5.57. The van der Waals surface area contributed by atoms with Crippen molar-refractivity contribution in [3.63, 3.8) is 0 Å². The Kier molecular flexibility index (Phi) is 4.02. The highest BCUT2D eigenvalue weighted by molar-refractivity contribution is 6.00. The van der Waals surface area contributed by atoms with Gasteiger partial charge in [0.1, 0.15) is 5.92 Å². The predicted molar refractivity (Wildman–Crippen MR) is 73.0 cm³/mol. The van der Waals surface area contributed by atoms with Crippen molar-refractivity contribution in [2.75, 3.05) is 19.7 Å². The number of likely N-dealkylation sites (tertiary alicyclic amines) is 1. The summed E-state index contributed by atoms with van der Waals surface area (Å²) < 4.78 is 4.86. The molecule has 1 fully saturated rings. The number of carboxylic acid groups (broad SMARTS) is 1. The molecule has 0 saturated carbocycles. The molecule has 0 aromatic carbocycles. The van der Waals surface area contributed by atoms with E-state index in [1.807, 2.05) is 0 Å². The number of nitrogens with zero attached hydrogens (tertiary/aromatic N) is 2. The molecule has 0 radical (unpaired) electrons. The minimum absolute atomic E-state index is 0.252. The van der Waals surface area contributed by atoms with Crippen molar-refractivity contribution in [3.8, 4) is 0 Å². The van der Waals surface area contributed by atoms with Gasteiger partial charge in [0.15, 0.2) is 0 Å². The third-order valence-electron chi connectivity index (χ3n) is 3.76. The Labute approximate surface area is 122 Å². The molecular formula is C14H18N2O5. The van der Waals surface area contributed by atoms with Gasteiger partial charge in [0.25, 0.3) is 0 Å². The Balaban J connectivity index is 2.26. The summed E-state index contributed by atoms with van der Waals surface area (Å²) in [6, 6.07) is 0. The summed E-state index contributed by atoms with van der Waals surface area (Å²) in [5.41, 5.74) is -0.915. The Morgan fingerprint density at radius 3 is 2.48 bits per heavy atom. The Bertz CT molecular complexity index is 511. The first-order valence-corrected chi connectivity index (χ1v) is 6.80. The lowest BCUT2D eigenvalue weighted by Crippen LogP contribution is -2.36. The number of carbonyl (C=O) groups is 3. The highest BCUT2D eigenvalue weighted by Crippen LogP contribution is 2.41. The van der Waals surface area contributed by atoms with Crippen molar-refractivity contribution in [2.24, 2.45) is 11.3 Å². The van der Waals surface area contributed by atoms with Crippen LogP contribution in [-0.4, -0.2) is 52.6 Å². The first kappa shape index (κ1) is 15.1. The topological polar surface area (TPSA) is 87.2 Å². The molecule has 0 bridgehead atoms. The van der Waals surface area contributed by atoms with Crippen LogP contribution in [0.1, 0.15) is 13.8 Å². The van der Waals surface area contributed by atoms with E-state index in [0.717, 1.165) is 0 Å². The number of carbonyl (C=O) groups excluding carboxylic acids is 2. The number of amides is 2. The first-order chi connectivity index (χ1) is 9.95. The molecule has 7 nitrogen and oxygen atoms in total. The van der Waals surface area contributed by atoms with E-state index in [9.17, 15) is 19.5 Å². The fraction of sp³-hybridized carbons (Fsp3) is 0.500. The van der Waals surface area contributed by atoms with Gasteiger partial charge in [-0.15, -0.1) is 0 Å². The molecule has 2 aliphatic rings. The van der Waals surface area contributed by atoms with E-state index in [0.29, 0.717) is 13.1 Å². The second kappa shape index (κ2) is 5.59. The molecule has 0 aromatic rings. The average Bonchev–Trinajstić information content (AvgIpc) is 2.72. The van der Waals surface area contributed by atoms with E-state index in [2.05, 4.69) is 0 Å². The second-order valence-electron chi connectivity index (χ2n) is 4.97. The van der Waals surface area contributed by atoms with Gasteiger partial charge in [-0.2, -0.15) is 0 Å². The van der Waals surface area contributed by atoms with Crippen molar-refractivity contribution in [2.45, 2.75) is 13.8 Å². The van der Waals surface area contributed by atoms with Crippen molar-refractivity contribution < 1.29 is 24.2 Å². The molecule has 1 saturated heterocycles. The summed E-state index contributed by atoms with van der Waals surface area (Å²) in [5.74, 6) is -2.71. The van der Waals surface area contributed by atoms with Gasteiger partial charge in [0.2, 0.25) is 5.91 Å². The standard InChI is InChI=1S/C14H18N2O5/c1-3-15-9-14(10(11(15)17)12(18)19)5-7-16(8-6-14)13(20)21-4-2/h5-8,10H,3-4,9H2,1-2H3,(H,18,19). The lowest BCUT2D eigenvalue weighted by molar-refractivity contribution is -0.149. The van der Waals surface area contributed by atoms with E-state index >= 15 is 0 Å². The molecule has 2 rings (SSSR count). The summed E-state index contributed by atoms with van der Waals surface area (Å²) in [4.78, 5) is 37.9. The quantitative estimate of drug-likeness (QED) is 0.786. The SMILES string of the molecule is CCOC(=O)N1C=CC2(C=C1)CN(CC)C(=O)C2C(=O)O. The largest absolute Gasteiger partial charge is 0.481 e. The van der Waals surface area contributed by atoms with Crippen LogP contribution in [0.2, 0.25) is 0 Å². The van der Waals surface area contributed by atoms with E-state index in [1.165, 1.54) is 22.2 Å². The summed E-state index contributed by atoms with van der Waals surface area (Å²) in [5, 5.41) is 9.35. The third-order valence-corrected chi connectivity index (χ3v) is 3.76. The van der Waals surface area contributed by atoms with Gasteiger partial charge >= 0.3 is 12.1 Å². The monoisotopic (exact) mass is 294 g/mol. The van der Waals surface area contributed by atoms with Gasteiger partial charge in [-0.3, -0.25) is 14.5 Å². The average molecular weight is 294 g/mol. The molecule has 2 heterocycles. The van der Waals surface area contributed by atoms with Crippen LogP contribution in [0.25, 0.3) is 0 Å². The summed E-state index contributed by atoms with van der Waals surface area (Å²) >= 11 is 0. The molecule has 1 unspecified atom stereocenters.